The molecule has 60 valence electrons. The molecule has 0 nitrogen and oxygen atoms in total. The molecule has 0 saturated heterocycles. The highest BCUT2D eigenvalue weighted by Crippen LogP contribution is 2.34. The normalized spacial score (nSPS) is 10.0. The van der Waals surface area contributed by atoms with E-state index in [0.29, 0.717) is 0 Å². The highest BCUT2D eigenvalue weighted by molar-refractivity contribution is 8.76. The van der Waals surface area contributed by atoms with E-state index in [9.17, 15) is 0 Å². The van der Waals surface area contributed by atoms with Gasteiger partial charge in [-0.15, -0.1) is 12.6 Å². The Morgan fingerprint density at radius 2 is 2.09 bits per heavy atom. The molecule has 1 aromatic rings. The van der Waals surface area contributed by atoms with Gasteiger partial charge >= 0.3 is 0 Å². The van der Waals surface area contributed by atoms with Gasteiger partial charge in [-0.25, -0.2) is 0 Å². The second-order valence-corrected chi connectivity index (χ2v) is 5.07. The van der Waals surface area contributed by atoms with E-state index in [1.807, 2.05) is 29.0 Å². The maximum Gasteiger partial charge on any atom is 0.0316 e. The minimum absolute atomic E-state index is 1.07. The topological polar surface area (TPSA) is 0 Å². The first-order chi connectivity index (χ1) is 5.34. The van der Waals surface area contributed by atoms with Crippen LogP contribution in [0.25, 0.3) is 0 Å². The van der Waals surface area contributed by atoms with Crippen LogP contribution in [-0.4, -0.2) is 5.75 Å². The third-order valence-corrected chi connectivity index (χ3v) is 4.16. The van der Waals surface area contributed by atoms with E-state index < -0.39 is 0 Å². The second-order valence-electron chi connectivity index (χ2n) is 1.96. The van der Waals surface area contributed by atoms with Crippen LogP contribution in [0.1, 0.15) is 6.92 Å². The van der Waals surface area contributed by atoms with Crippen molar-refractivity contribution in [2.24, 2.45) is 0 Å². The van der Waals surface area contributed by atoms with E-state index in [-0.39, 0.29) is 0 Å². The quantitative estimate of drug-likeness (QED) is 0.586. The van der Waals surface area contributed by atoms with Crippen LogP contribution >= 0.6 is 34.2 Å². The first-order valence-corrected chi connectivity index (χ1v) is 6.18. The van der Waals surface area contributed by atoms with Crippen LogP contribution in [0, 0.1) is 0 Å². The van der Waals surface area contributed by atoms with Crippen molar-refractivity contribution in [3.63, 3.8) is 0 Å². The molecule has 0 aliphatic heterocycles. The van der Waals surface area contributed by atoms with E-state index in [0.717, 1.165) is 10.6 Å². The average molecular weight is 202 g/mol. The Balaban J connectivity index is 2.62. The standard InChI is InChI=1S/C8H10S3/c1-2-10-11-8-6-4-3-5-7(8)9/h3-6,9H,2H2,1H3. The number of thiol groups is 1. The van der Waals surface area contributed by atoms with Crippen LogP contribution < -0.4 is 0 Å². The summed E-state index contributed by atoms with van der Waals surface area (Å²) in [5, 5.41) is 0. The molecule has 0 spiro atoms. The lowest BCUT2D eigenvalue weighted by Crippen LogP contribution is -1.70. The van der Waals surface area contributed by atoms with Gasteiger partial charge in [0.15, 0.2) is 0 Å². The van der Waals surface area contributed by atoms with E-state index in [4.69, 9.17) is 0 Å². The van der Waals surface area contributed by atoms with Crippen molar-refractivity contribution in [1.82, 2.24) is 0 Å². The molecule has 1 rings (SSSR count). The third-order valence-electron chi connectivity index (χ3n) is 1.13. The molecule has 0 heterocycles. The Kier molecular flexibility index (Phi) is 4.26. The predicted molar refractivity (Wildman–Crippen MR) is 57.7 cm³/mol. The Bertz CT molecular complexity index is 222. The first-order valence-electron chi connectivity index (χ1n) is 3.42. The van der Waals surface area contributed by atoms with Crippen molar-refractivity contribution in [2.75, 3.05) is 5.75 Å². The van der Waals surface area contributed by atoms with Gasteiger partial charge in [0.25, 0.3) is 0 Å². The maximum atomic E-state index is 4.34. The molecule has 3 heteroatoms. The Morgan fingerprint density at radius 3 is 2.73 bits per heavy atom. The summed E-state index contributed by atoms with van der Waals surface area (Å²) in [6.07, 6.45) is 0. The summed E-state index contributed by atoms with van der Waals surface area (Å²) >= 11 is 4.34. The van der Waals surface area contributed by atoms with Crippen molar-refractivity contribution in [1.29, 1.82) is 0 Å². The molecule has 0 unspecified atom stereocenters. The maximum absolute atomic E-state index is 4.34. The van der Waals surface area contributed by atoms with Crippen LogP contribution in [0.2, 0.25) is 0 Å². The minimum atomic E-state index is 1.07. The summed E-state index contributed by atoms with van der Waals surface area (Å²) in [5.74, 6) is 1.13. The van der Waals surface area contributed by atoms with Crippen LogP contribution in [0.15, 0.2) is 34.1 Å². The van der Waals surface area contributed by atoms with Crippen molar-refractivity contribution in [3.8, 4) is 0 Å². The summed E-state index contributed by atoms with van der Waals surface area (Å²) in [6, 6.07) is 8.15. The fourth-order valence-corrected chi connectivity index (χ4v) is 2.84. The second kappa shape index (κ2) is 5.01. The largest absolute Gasteiger partial charge is 0.142 e. The summed E-state index contributed by atoms with van der Waals surface area (Å²) in [5.41, 5.74) is 0. The van der Waals surface area contributed by atoms with Gasteiger partial charge in [-0.05, 0) is 12.1 Å². The monoisotopic (exact) mass is 202 g/mol. The lowest BCUT2D eigenvalue weighted by molar-refractivity contribution is 1.27. The van der Waals surface area contributed by atoms with Crippen molar-refractivity contribution >= 4 is 34.2 Å². The van der Waals surface area contributed by atoms with E-state index >= 15 is 0 Å². The summed E-state index contributed by atoms with van der Waals surface area (Å²) in [6.45, 7) is 2.15. The third kappa shape index (κ3) is 3.01. The molecule has 0 N–H and O–H groups in total. The van der Waals surface area contributed by atoms with E-state index in [1.54, 1.807) is 10.8 Å². The van der Waals surface area contributed by atoms with E-state index in [1.165, 1.54) is 4.90 Å². The van der Waals surface area contributed by atoms with Gasteiger partial charge < -0.3 is 0 Å². The zero-order valence-electron chi connectivity index (χ0n) is 6.28. The SMILES string of the molecule is CCSSc1ccccc1S. The minimum Gasteiger partial charge on any atom is -0.142 e. The average Bonchev–Trinajstić information content (AvgIpc) is 2.03. The summed E-state index contributed by atoms with van der Waals surface area (Å²) in [4.78, 5) is 2.32. The molecular formula is C8H10S3. The van der Waals surface area contributed by atoms with Gasteiger partial charge in [-0.2, -0.15) is 0 Å². The molecule has 0 aliphatic rings. The van der Waals surface area contributed by atoms with Gasteiger partial charge in [0.05, 0.1) is 0 Å². The van der Waals surface area contributed by atoms with E-state index in [2.05, 4.69) is 25.6 Å². The van der Waals surface area contributed by atoms with Crippen LogP contribution in [0.5, 0.6) is 0 Å². The molecule has 11 heavy (non-hydrogen) atoms. The molecule has 0 atom stereocenters. The highest BCUT2D eigenvalue weighted by Gasteiger charge is 1.96. The number of rotatable bonds is 3. The molecule has 1 aromatic carbocycles. The summed E-state index contributed by atoms with van der Waals surface area (Å²) in [7, 11) is 3.63. The summed E-state index contributed by atoms with van der Waals surface area (Å²) < 4.78 is 0. The smallest absolute Gasteiger partial charge is 0.0316 e. The van der Waals surface area contributed by atoms with Crippen molar-refractivity contribution < 1.29 is 0 Å². The van der Waals surface area contributed by atoms with Gasteiger partial charge in [-0.1, -0.05) is 40.6 Å². The van der Waals surface area contributed by atoms with Crippen LogP contribution in [-0.2, 0) is 0 Å². The Labute approximate surface area is 81.0 Å². The molecule has 0 bridgehead atoms. The lowest BCUT2D eigenvalue weighted by Gasteiger charge is -2.00. The molecule has 0 radical (unpaired) electrons. The van der Waals surface area contributed by atoms with Gasteiger partial charge in [0, 0.05) is 15.5 Å². The van der Waals surface area contributed by atoms with Crippen molar-refractivity contribution in [3.05, 3.63) is 24.3 Å². The molecule has 0 amide bonds. The van der Waals surface area contributed by atoms with Gasteiger partial charge in [0.1, 0.15) is 0 Å². The number of hydrogen-bond acceptors (Lipinski definition) is 3. The fraction of sp³-hybridized carbons (Fsp3) is 0.250. The van der Waals surface area contributed by atoms with Crippen molar-refractivity contribution in [2.45, 2.75) is 16.7 Å². The lowest BCUT2D eigenvalue weighted by atomic mass is 10.4. The van der Waals surface area contributed by atoms with Crippen LogP contribution in [0.4, 0.5) is 0 Å². The zero-order chi connectivity index (χ0) is 8.10. The fourth-order valence-electron chi connectivity index (χ4n) is 0.650. The predicted octanol–water partition coefficient (Wildman–Crippen LogP) is 3.74. The molecular weight excluding hydrogens is 192 g/mol. The first kappa shape index (κ1) is 9.36. The molecule has 0 saturated carbocycles. The van der Waals surface area contributed by atoms with Crippen LogP contribution in [0.3, 0.4) is 0 Å². The van der Waals surface area contributed by atoms with Gasteiger partial charge in [-0.3, -0.25) is 0 Å². The van der Waals surface area contributed by atoms with Gasteiger partial charge in [0.2, 0.25) is 0 Å². The Morgan fingerprint density at radius 1 is 1.36 bits per heavy atom. The zero-order valence-corrected chi connectivity index (χ0v) is 8.81. The Hall–Kier alpha value is 0.270. The number of benzene rings is 1. The molecule has 0 aromatic heterocycles. The highest BCUT2D eigenvalue weighted by atomic mass is 33.1. The molecule has 0 fully saturated rings. The number of hydrogen-bond donors (Lipinski definition) is 1. The molecule has 0 aliphatic carbocycles.